The lowest BCUT2D eigenvalue weighted by Gasteiger charge is -2.36. The third-order valence-electron chi connectivity index (χ3n) is 6.36. The van der Waals surface area contributed by atoms with Crippen LogP contribution in [0.25, 0.3) is 0 Å². The molecule has 2 aromatic rings. The number of carbonyl (C=O) groups excluding carboxylic acids is 2. The molecule has 0 radical (unpaired) electrons. The molecular formula is C23H32N6O3. The van der Waals surface area contributed by atoms with Crippen LogP contribution in [-0.2, 0) is 22.6 Å². The summed E-state index contributed by atoms with van der Waals surface area (Å²) in [5.41, 5.74) is 1.23. The maximum atomic E-state index is 13.0. The molecule has 1 aromatic heterocycles. The molecule has 32 heavy (non-hydrogen) atoms. The number of benzene rings is 1. The standard InChI is InChI=1S/C23H32N6O3/c30-22(11-14-28-18-24-25-26-28)27-12-4-8-23(31)29-13-2-1-6-20(29)10-9-19-5-3-7-21(17-19)32-16-15-27/h3,5,7,17-18,20H,1-2,4,6,8-16H2. The highest BCUT2D eigenvalue weighted by Crippen LogP contribution is 2.24. The quantitative estimate of drug-likeness (QED) is 0.725. The summed E-state index contributed by atoms with van der Waals surface area (Å²) in [5, 5.41) is 11.0. The van der Waals surface area contributed by atoms with Crippen LogP contribution < -0.4 is 4.74 Å². The number of carbonyl (C=O) groups is 2. The molecule has 2 bridgehead atoms. The van der Waals surface area contributed by atoms with Crippen molar-refractivity contribution < 1.29 is 14.3 Å². The first kappa shape index (κ1) is 22.2. The summed E-state index contributed by atoms with van der Waals surface area (Å²) in [6.07, 6.45) is 8.20. The summed E-state index contributed by atoms with van der Waals surface area (Å²) < 4.78 is 7.52. The second-order valence-electron chi connectivity index (χ2n) is 8.58. The van der Waals surface area contributed by atoms with E-state index in [9.17, 15) is 9.59 Å². The van der Waals surface area contributed by atoms with Gasteiger partial charge in [-0.25, -0.2) is 4.68 Å². The highest BCUT2D eigenvalue weighted by molar-refractivity contribution is 5.77. The normalized spacial score (nSPS) is 20.6. The van der Waals surface area contributed by atoms with Crippen molar-refractivity contribution in [2.24, 2.45) is 0 Å². The van der Waals surface area contributed by atoms with Crippen LogP contribution in [0.15, 0.2) is 30.6 Å². The van der Waals surface area contributed by atoms with E-state index in [2.05, 4.69) is 32.6 Å². The molecule has 1 aromatic carbocycles. The van der Waals surface area contributed by atoms with Crippen molar-refractivity contribution in [3.8, 4) is 5.75 Å². The zero-order chi connectivity index (χ0) is 22.2. The predicted molar refractivity (Wildman–Crippen MR) is 118 cm³/mol. The van der Waals surface area contributed by atoms with Gasteiger partial charge in [-0.05, 0) is 66.6 Å². The van der Waals surface area contributed by atoms with Gasteiger partial charge in [0.1, 0.15) is 18.7 Å². The van der Waals surface area contributed by atoms with Crippen molar-refractivity contribution in [1.82, 2.24) is 30.0 Å². The van der Waals surface area contributed by atoms with Crippen molar-refractivity contribution in [2.45, 2.75) is 64.0 Å². The van der Waals surface area contributed by atoms with Gasteiger partial charge in [-0.1, -0.05) is 12.1 Å². The molecule has 2 amide bonds. The number of amides is 2. The Kier molecular flexibility index (Phi) is 7.68. The van der Waals surface area contributed by atoms with Crippen LogP contribution in [0.1, 0.15) is 50.5 Å². The maximum Gasteiger partial charge on any atom is 0.224 e. The fourth-order valence-electron chi connectivity index (χ4n) is 4.60. The Balaban J connectivity index is 1.44. The number of tetrazole rings is 1. The van der Waals surface area contributed by atoms with Crippen LogP contribution >= 0.6 is 0 Å². The number of hydrogen-bond donors (Lipinski definition) is 0. The number of piperidine rings is 1. The first-order valence-electron chi connectivity index (χ1n) is 11.7. The van der Waals surface area contributed by atoms with E-state index in [1.165, 1.54) is 18.3 Å². The van der Waals surface area contributed by atoms with Gasteiger partial charge >= 0.3 is 0 Å². The number of hydrogen-bond acceptors (Lipinski definition) is 6. The van der Waals surface area contributed by atoms with Gasteiger partial charge in [0, 0.05) is 32.0 Å². The summed E-state index contributed by atoms with van der Waals surface area (Å²) in [7, 11) is 0. The summed E-state index contributed by atoms with van der Waals surface area (Å²) >= 11 is 0. The van der Waals surface area contributed by atoms with Crippen LogP contribution in [0.3, 0.4) is 0 Å². The minimum absolute atomic E-state index is 0.0189. The molecule has 1 atom stereocenters. The fourth-order valence-corrected chi connectivity index (χ4v) is 4.60. The number of ether oxygens (including phenoxy) is 1. The zero-order valence-electron chi connectivity index (χ0n) is 18.6. The zero-order valence-corrected chi connectivity index (χ0v) is 18.6. The van der Waals surface area contributed by atoms with E-state index >= 15 is 0 Å². The molecule has 1 saturated heterocycles. The van der Waals surface area contributed by atoms with E-state index in [0.717, 1.165) is 38.0 Å². The van der Waals surface area contributed by atoms with Crippen molar-refractivity contribution in [2.75, 3.05) is 26.2 Å². The second-order valence-corrected chi connectivity index (χ2v) is 8.58. The fraction of sp³-hybridized carbons (Fsp3) is 0.609. The van der Waals surface area contributed by atoms with E-state index in [0.29, 0.717) is 51.5 Å². The SMILES string of the molecule is O=C(CCn1cnnn1)N1CCCC(=O)N2CCCCC2CCc2cccc(c2)OCC1. The number of aromatic nitrogens is 4. The third kappa shape index (κ3) is 6.05. The average molecular weight is 441 g/mol. The number of nitrogens with zero attached hydrogens (tertiary/aromatic N) is 6. The lowest BCUT2D eigenvalue weighted by Crippen LogP contribution is -2.44. The maximum absolute atomic E-state index is 13.0. The molecule has 0 saturated carbocycles. The second kappa shape index (κ2) is 11.1. The van der Waals surface area contributed by atoms with E-state index < -0.39 is 0 Å². The van der Waals surface area contributed by atoms with Gasteiger partial charge in [0.15, 0.2) is 0 Å². The Morgan fingerprint density at radius 3 is 2.91 bits per heavy atom. The first-order chi connectivity index (χ1) is 15.7. The molecule has 0 spiro atoms. The van der Waals surface area contributed by atoms with Gasteiger partial charge in [-0.2, -0.15) is 0 Å². The van der Waals surface area contributed by atoms with Gasteiger partial charge in [0.05, 0.1) is 13.1 Å². The Bertz CT molecular complexity index is 888. The molecule has 1 fully saturated rings. The third-order valence-corrected chi connectivity index (χ3v) is 6.36. The number of rotatable bonds is 3. The molecule has 4 rings (SSSR count). The van der Waals surface area contributed by atoms with Crippen molar-refractivity contribution in [3.63, 3.8) is 0 Å². The Hall–Kier alpha value is -2.97. The number of aryl methyl sites for hydroxylation is 2. The molecule has 9 nitrogen and oxygen atoms in total. The van der Waals surface area contributed by atoms with Crippen LogP contribution in [0.2, 0.25) is 0 Å². The minimum Gasteiger partial charge on any atom is -0.492 e. The van der Waals surface area contributed by atoms with Crippen LogP contribution in [-0.4, -0.2) is 74.1 Å². The molecule has 2 aliphatic heterocycles. The first-order valence-corrected chi connectivity index (χ1v) is 11.7. The van der Waals surface area contributed by atoms with Crippen molar-refractivity contribution >= 4 is 11.8 Å². The van der Waals surface area contributed by atoms with Gasteiger partial charge in [-0.3, -0.25) is 9.59 Å². The smallest absolute Gasteiger partial charge is 0.224 e. The lowest BCUT2D eigenvalue weighted by atomic mass is 9.95. The molecule has 3 heterocycles. The van der Waals surface area contributed by atoms with Crippen molar-refractivity contribution in [1.29, 1.82) is 0 Å². The molecule has 0 aliphatic carbocycles. The largest absolute Gasteiger partial charge is 0.492 e. The van der Waals surface area contributed by atoms with Gasteiger partial charge < -0.3 is 14.5 Å². The average Bonchev–Trinajstić information content (AvgIpc) is 3.34. The molecule has 0 N–H and O–H groups in total. The molecule has 1 unspecified atom stereocenters. The van der Waals surface area contributed by atoms with Gasteiger partial charge in [0.2, 0.25) is 11.8 Å². The minimum atomic E-state index is 0.0189. The van der Waals surface area contributed by atoms with E-state index in [4.69, 9.17) is 4.74 Å². The predicted octanol–water partition coefficient (Wildman–Crippen LogP) is 2.08. The van der Waals surface area contributed by atoms with E-state index in [1.807, 2.05) is 12.1 Å². The summed E-state index contributed by atoms with van der Waals surface area (Å²) in [6, 6.07) is 8.48. The monoisotopic (exact) mass is 440 g/mol. The molecule has 2 aliphatic rings. The Morgan fingerprint density at radius 1 is 1.09 bits per heavy atom. The molecule has 172 valence electrons. The summed E-state index contributed by atoms with van der Waals surface area (Å²) in [6.45, 7) is 2.73. The van der Waals surface area contributed by atoms with Gasteiger partial charge in [0.25, 0.3) is 0 Å². The van der Waals surface area contributed by atoms with Crippen LogP contribution in [0.5, 0.6) is 5.75 Å². The topological polar surface area (TPSA) is 93.5 Å². The van der Waals surface area contributed by atoms with Gasteiger partial charge in [-0.15, -0.1) is 5.10 Å². The van der Waals surface area contributed by atoms with Crippen molar-refractivity contribution in [3.05, 3.63) is 36.2 Å². The lowest BCUT2D eigenvalue weighted by molar-refractivity contribution is -0.136. The number of fused-ring (bicyclic) bond motifs is 3. The Labute approximate surface area is 188 Å². The Morgan fingerprint density at radius 2 is 2.03 bits per heavy atom. The summed E-state index contributed by atoms with van der Waals surface area (Å²) in [5.74, 6) is 1.07. The van der Waals surface area contributed by atoms with Crippen LogP contribution in [0, 0.1) is 0 Å². The highest BCUT2D eigenvalue weighted by atomic mass is 16.5. The van der Waals surface area contributed by atoms with E-state index in [-0.39, 0.29) is 11.8 Å². The summed E-state index contributed by atoms with van der Waals surface area (Å²) in [4.78, 5) is 29.8. The molecular weight excluding hydrogens is 408 g/mol. The van der Waals surface area contributed by atoms with Crippen LogP contribution in [0.4, 0.5) is 0 Å². The molecule has 9 heteroatoms. The highest BCUT2D eigenvalue weighted by Gasteiger charge is 2.26. The van der Waals surface area contributed by atoms with E-state index in [1.54, 1.807) is 9.58 Å².